The van der Waals surface area contributed by atoms with Crippen molar-refractivity contribution in [1.29, 1.82) is 0 Å². The fourth-order valence-electron chi connectivity index (χ4n) is 3.85. The van der Waals surface area contributed by atoms with Crippen molar-refractivity contribution in [2.75, 3.05) is 33.4 Å². The monoisotopic (exact) mass is 372 g/mol. The van der Waals surface area contributed by atoms with Gasteiger partial charge in [0, 0.05) is 63.7 Å². The van der Waals surface area contributed by atoms with Gasteiger partial charge in [-0.05, 0) is 38.0 Å². The number of aryl methyl sites for hydroxylation is 2. The van der Waals surface area contributed by atoms with Crippen molar-refractivity contribution in [3.05, 3.63) is 47.3 Å². The number of benzene rings is 1. The van der Waals surface area contributed by atoms with E-state index in [0.29, 0.717) is 6.04 Å². The average molecular weight is 373 g/mol. The summed E-state index contributed by atoms with van der Waals surface area (Å²) in [5.41, 5.74) is 3.68. The Kier molecular flexibility index (Phi) is 6.88. The van der Waals surface area contributed by atoms with Gasteiger partial charge in [0.25, 0.3) is 0 Å². The van der Waals surface area contributed by atoms with Crippen molar-refractivity contribution in [2.24, 2.45) is 0 Å². The summed E-state index contributed by atoms with van der Waals surface area (Å²) in [6, 6.07) is 8.63. The van der Waals surface area contributed by atoms with Gasteiger partial charge in [-0.15, -0.1) is 0 Å². The summed E-state index contributed by atoms with van der Waals surface area (Å²) in [7, 11) is 1.70. The Bertz CT molecular complexity index is 731. The minimum Gasteiger partial charge on any atom is -0.497 e. The van der Waals surface area contributed by atoms with Crippen LogP contribution >= 0.6 is 0 Å². The zero-order valence-corrected chi connectivity index (χ0v) is 16.8. The zero-order valence-electron chi connectivity index (χ0n) is 16.8. The van der Waals surface area contributed by atoms with Crippen LogP contribution in [0, 0.1) is 6.92 Å². The molecule has 0 spiro atoms. The Labute approximate surface area is 162 Å². The first-order valence-corrected chi connectivity index (χ1v) is 9.86. The first kappa shape index (κ1) is 19.9. The molecule has 1 aliphatic heterocycles. The molecule has 6 heteroatoms. The Morgan fingerprint density at radius 3 is 2.81 bits per heavy atom. The predicted molar refractivity (Wildman–Crippen MR) is 107 cm³/mol. The Hall–Kier alpha value is -1.89. The topological polar surface area (TPSA) is 53.8 Å². The van der Waals surface area contributed by atoms with Gasteiger partial charge in [-0.1, -0.05) is 12.1 Å². The van der Waals surface area contributed by atoms with Crippen LogP contribution in [0.2, 0.25) is 0 Å². The highest BCUT2D eigenvalue weighted by atomic mass is 16.5. The van der Waals surface area contributed by atoms with Gasteiger partial charge < -0.3 is 9.84 Å². The molecule has 2 heterocycles. The molecule has 1 saturated heterocycles. The van der Waals surface area contributed by atoms with Gasteiger partial charge >= 0.3 is 0 Å². The van der Waals surface area contributed by atoms with E-state index in [-0.39, 0.29) is 6.61 Å². The maximum atomic E-state index is 9.56. The van der Waals surface area contributed by atoms with Crippen molar-refractivity contribution < 1.29 is 9.84 Å². The quantitative estimate of drug-likeness (QED) is 0.771. The van der Waals surface area contributed by atoms with E-state index >= 15 is 0 Å². The Balaban J connectivity index is 1.64. The number of piperazine rings is 1. The molecule has 0 amide bonds. The molecule has 0 unspecified atom stereocenters. The molecule has 0 aliphatic carbocycles. The van der Waals surface area contributed by atoms with Crippen molar-refractivity contribution in [2.45, 2.75) is 45.9 Å². The predicted octanol–water partition coefficient (Wildman–Crippen LogP) is 2.29. The number of aliphatic hydroxyl groups excluding tert-OH is 1. The zero-order chi connectivity index (χ0) is 19.2. The molecule has 0 bridgehead atoms. The summed E-state index contributed by atoms with van der Waals surface area (Å²) in [4.78, 5) is 4.98. The molecule has 27 heavy (non-hydrogen) atoms. The van der Waals surface area contributed by atoms with Crippen molar-refractivity contribution in [3.8, 4) is 5.75 Å². The number of aliphatic hydroxyl groups is 1. The molecule has 1 aromatic heterocycles. The number of methoxy groups -OCH3 is 1. The van der Waals surface area contributed by atoms with Crippen LogP contribution in [0.25, 0.3) is 0 Å². The minimum absolute atomic E-state index is 0.222. The molecule has 0 saturated carbocycles. The smallest absolute Gasteiger partial charge is 0.119 e. The number of ether oxygens (including phenoxy) is 1. The van der Waals surface area contributed by atoms with E-state index in [2.05, 4.69) is 47.1 Å². The van der Waals surface area contributed by atoms with Crippen LogP contribution in [0.4, 0.5) is 0 Å². The Morgan fingerprint density at radius 1 is 1.26 bits per heavy atom. The van der Waals surface area contributed by atoms with E-state index in [1.165, 1.54) is 11.1 Å². The molecule has 1 aromatic carbocycles. The van der Waals surface area contributed by atoms with Gasteiger partial charge in [-0.2, -0.15) is 5.10 Å². The van der Waals surface area contributed by atoms with Crippen molar-refractivity contribution >= 4 is 0 Å². The van der Waals surface area contributed by atoms with Crippen LogP contribution in [0.1, 0.15) is 30.2 Å². The summed E-state index contributed by atoms with van der Waals surface area (Å²) in [5.74, 6) is 0.897. The molecular weight excluding hydrogens is 340 g/mol. The number of hydrogen-bond donors (Lipinski definition) is 1. The van der Waals surface area contributed by atoms with Crippen molar-refractivity contribution in [1.82, 2.24) is 19.6 Å². The molecule has 2 aromatic rings. The molecule has 1 atom stereocenters. The third-order valence-corrected chi connectivity index (χ3v) is 5.44. The third-order valence-electron chi connectivity index (χ3n) is 5.44. The van der Waals surface area contributed by atoms with E-state index in [9.17, 15) is 5.11 Å². The fraction of sp³-hybridized carbons (Fsp3) is 0.571. The third kappa shape index (κ3) is 5.09. The maximum Gasteiger partial charge on any atom is 0.119 e. The first-order chi connectivity index (χ1) is 13.1. The van der Waals surface area contributed by atoms with Crippen LogP contribution in [0.3, 0.4) is 0 Å². The normalized spacial score (nSPS) is 18.7. The van der Waals surface area contributed by atoms with Gasteiger partial charge in [0.15, 0.2) is 0 Å². The van der Waals surface area contributed by atoms with Crippen LogP contribution < -0.4 is 4.74 Å². The second-order valence-corrected chi connectivity index (χ2v) is 7.32. The molecule has 0 radical (unpaired) electrons. The van der Waals surface area contributed by atoms with E-state index < -0.39 is 0 Å². The lowest BCUT2D eigenvalue weighted by molar-refractivity contribution is 0.0498. The van der Waals surface area contributed by atoms with E-state index in [4.69, 9.17) is 4.74 Å². The number of rotatable bonds is 8. The summed E-state index contributed by atoms with van der Waals surface area (Å²) in [5, 5.41) is 14.1. The molecular formula is C21H32N4O2. The summed E-state index contributed by atoms with van der Waals surface area (Å²) in [6.45, 7) is 10.2. The van der Waals surface area contributed by atoms with Crippen LogP contribution in [0.5, 0.6) is 5.75 Å². The van der Waals surface area contributed by atoms with Crippen LogP contribution in [-0.4, -0.2) is 64.1 Å². The van der Waals surface area contributed by atoms with Gasteiger partial charge in [0.2, 0.25) is 0 Å². The summed E-state index contributed by atoms with van der Waals surface area (Å²) >= 11 is 0. The highest BCUT2D eigenvalue weighted by Gasteiger charge is 2.27. The van der Waals surface area contributed by atoms with E-state index in [1.807, 2.05) is 16.8 Å². The standard InChI is InChI=1S/C21H32N4O2/c1-4-25-15-19(17(2)22-25)14-23-9-10-24(20(16-23)8-11-26)13-18-6-5-7-21(12-18)27-3/h5-7,12,15,20,26H,4,8-11,13-14,16H2,1-3H3/t20-/m0/s1. The highest BCUT2D eigenvalue weighted by Crippen LogP contribution is 2.21. The average Bonchev–Trinajstić information content (AvgIpc) is 3.04. The number of hydrogen-bond acceptors (Lipinski definition) is 5. The van der Waals surface area contributed by atoms with Crippen LogP contribution in [-0.2, 0) is 19.6 Å². The van der Waals surface area contributed by atoms with Gasteiger partial charge in [0.05, 0.1) is 12.8 Å². The minimum atomic E-state index is 0.222. The van der Waals surface area contributed by atoms with Gasteiger partial charge in [-0.25, -0.2) is 0 Å². The lowest BCUT2D eigenvalue weighted by atomic mass is 10.1. The lowest BCUT2D eigenvalue weighted by Crippen LogP contribution is -2.52. The second kappa shape index (κ2) is 9.35. The van der Waals surface area contributed by atoms with Gasteiger partial charge in [-0.3, -0.25) is 14.5 Å². The van der Waals surface area contributed by atoms with E-state index in [0.717, 1.165) is 57.1 Å². The molecule has 3 rings (SSSR count). The molecule has 148 valence electrons. The lowest BCUT2D eigenvalue weighted by Gasteiger charge is -2.41. The largest absolute Gasteiger partial charge is 0.497 e. The molecule has 1 aliphatic rings. The van der Waals surface area contributed by atoms with E-state index in [1.54, 1.807) is 7.11 Å². The highest BCUT2D eigenvalue weighted by molar-refractivity contribution is 5.28. The number of aromatic nitrogens is 2. The van der Waals surface area contributed by atoms with Crippen molar-refractivity contribution in [3.63, 3.8) is 0 Å². The second-order valence-electron chi connectivity index (χ2n) is 7.32. The first-order valence-electron chi connectivity index (χ1n) is 9.86. The SMILES string of the molecule is CCn1cc(CN2CCN(Cc3cccc(OC)c3)[C@@H](CCO)C2)c(C)n1. The van der Waals surface area contributed by atoms with Crippen LogP contribution in [0.15, 0.2) is 30.5 Å². The number of nitrogens with zero attached hydrogens (tertiary/aromatic N) is 4. The molecule has 1 fully saturated rings. The maximum absolute atomic E-state index is 9.56. The molecule has 6 nitrogen and oxygen atoms in total. The Morgan fingerprint density at radius 2 is 2.11 bits per heavy atom. The van der Waals surface area contributed by atoms with Gasteiger partial charge in [0.1, 0.15) is 5.75 Å². The summed E-state index contributed by atoms with van der Waals surface area (Å²) < 4.78 is 7.36. The molecule has 1 N–H and O–H groups in total. The summed E-state index contributed by atoms with van der Waals surface area (Å²) in [6.07, 6.45) is 2.96. The fourth-order valence-corrected chi connectivity index (χ4v) is 3.85.